The van der Waals surface area contributed by atoms with Gasteiger partial charge in [-0.2, -0.15) is 0 Å². The summed E-state index contributed by atoms with van der Waals surface area (Å²) in [5, 5.41) is 6.45. The van der Waals surface area contributed by atoms with Crippen LogP contribution in [-0.2, 0) is 4.79 Å². The van der Waals surface area contributed by atoms with Crippen molar-refractivity contribution in [2.45, 2.75) is 39.2 Å². The molecule has 0 aromatic heterocycles. The Labute approximate surface area is 105 Å². The summed E-state index contributed by atoms with van der Waals surface area (Å²) < 4.78 is 0. The predicted molar refractivity (Wildman–Crippen MR) is 71.0 cm³/mol. The van der Waals surface area contributed by atoms with E-state index in [0.29, 0.717) is 0 Å². The first kappa shape index (κ1) is 14.5. The van der Waals surface area contributed by atoms with E-state index in [-0.39, 0.29) is 17.4 Å². The normalized spacial score (nSPS) is 21.2. The van der Waals surface area contributed by atoms with Crippen molar-refractivity contribution in [3.05, 3.63) is 0 Å². The van der Waals surface area contributed by atoms with Gasteiger partial charge in [-0.15, -0.1) is 0 Å². The van der Waals surface area contributed by atoms with Gasteiger partial charge in [-0.1, -0.05) is 6.92 Å². The molecule has 0 aromatic rings. The minimum Gasteiger partial charge on any atom is -0.353 e. The largest absolute Gasteiger partial charge is 0.353 e. The zero-order valence-electron chi connectivity index (χ0n) is 11.7. The van der Waals surface area contributed by atoms with Crippen LogP contribution in [0.1, 0.15) is 33.1 Å². The molecule has 1 fully saturated rings. The van der Waals surface area contributed by atoms with Gasteiger partial charge < -0.3 is 15.5 Å². The van der Waals surface area contributed by atoms with E-state index in [2.05, 4.69) is 43.5 Å². The third kappa shape index (κ3) is 4.64. The second-order valence-electron chi connectivity index (χ2n) is 5.78. The third-order valence-electron chi connectivity index (χ3n) is 3.64. The maximum absolute atomic E-state index is 12.2. The molecule has 4 nitrogen and oxygen atoms in total. The van der Waals surface area contributed by atoms with Crippen LogP contribution in [0.2, 0.25) is 0 Å². The third-order valence-corrected chi connectivity index (χ3v) is 3.64. The van der Waals surface area contributed by atoms with Gasteiger partial charge in [0.15, 0.2) is 0 Å². The molecule has 0 radical (unpaired) electrons. The highest BCUT2D eigenvalue weighted by atomic mass is 16.2. The zero-order valence-corrected chi connectivity index (χ0v) is 11.7. The van der Waals surface area contributed by atoms with E-state index >= 15 is 0 Å². The van der Waals surface area contributed by atoms with Gasteiger partial charge in [-0.3, -0.25) is 4.79 Å². The molecule has 0 spiro atoms. The van der Waals surface area contributed by atoms with Gasteiger partial charge in [-0.05, 0) is 59.9 Å². The van der Waals surface area contributed by atoms with Crippen molar-refractivity contribution in [1.82, 2.24) is 15.5 Å². The lowest BCUT2D eigenvalue weighted by molar-refractivity contribution is -0.132. The fourth-order valence-electron chi connectivity index (χ4n) is 2.13. The molecule has 17 heavy (non-hydrogen) atoms. The summed E-state index contributed by atoms with van der Waals surface area (Å²) >= 11 is 0. The lowest BCUT2D eigenvalue weighted by Gasteiger charge is -2.33. The molecular formula is C13H27N3O. The summed E-state index contributed by atoms with van der Waals surface area (Å²) in [4.78, 5) is 14.4. The Hall–Kier alpha value is -0.610. The highest BCUT2D eigenvalue weighted by Gasteiger charge is 2.34. The highest BCUT2D eigenvalue weighted by molar-refractivity contribution is 5.82. The Morgan fingerprint density at radius 1 is 1.41 bits per heavy atom. The Morgan fingerprint density at radius 3 is 2.53 bits per heavy atom. The van der Waals surface area contributed by atoms with E-state index < -0.39 is 0 Å². The van der Waals surface area contributed by atoms with Crippen LogP contribution in [0, 0.1) is 5.41 Å². The van der Waals surface area contributed by atoms with Gasteiger partial charge in [0.2, 0.25) is 5.91 Å². The van der Waals surface area contributed by atoms with E-state index in [9.17, 15) is 4.79 Å². The molecule has 0 bridgehead atoms. The first-order chi connectivity index (χ1) is 7.94. The fraction of sp³-hybridized carbons (Fsp3) is 0.923. The van der Waals surface area contributed by atoms with Gasteiger partial charge in [-0.25, -0.2) is 0 Å². The average Bonchev–Trinajstić information content (AvgIpc) is 2.27. The quantitative estimate of drug-likeness (QED) is 0.749. The van der Waals surface area contributed by atoms with Gasteiger partial charge in [0.25, 0.3) is 0 Å². The van der Waals surface area contributed by atoms with E-state index in [1.165, 1.54) is 0 Å². The zero-order chi connectivity index (χ0) is 12.9. The van der Waals surface area contributed by atoms with Crippen LogP contribution in [0.5, 0.6) is 0 Å². The molecule has 100 valence electrons. The summed E-state index contributed by atoms with van der Waals surface area (Å²) in [6, 6.07) is 0.261. The summed E-state index contributed by atoms with van der Waals surface area (Å²) in [7, 11) is 4.12. The summed E-state index contributed by atoms with van der Waals surface area (Å²) in [5.74, 6) is 0.227. The van der Waals surface area contributed by atoms with Gasteiger partial charge >= 0.3 is 0 Å². The van der Waals surface area contributed by atoms with Crippen LogP contribution in [0.15, 0.2) is 0 Å². The lowest BCUT2D eigenvalue weighted by Crippen LogP contribution is -2.48. The standard InChI is InChI=1S/C13H27N3O/c1-11(5-10-16(3)4)15-12(17)13(2)6-8-14-9-7-13/h11,14H,5-10H2,1-4H3,(H,15,17). The molecule has 0 aliphatic carbocycles. The minimum absolute atomic E-state index is 0.169. The predicted octanol–water partition coefficient (Wildman–Crippen LogP) is 0.833. The van der Waals surface area contributed by atoms with Crippen LogP contribution < -0.4 is 10.6 Å². The van der Waals surface area contributed by atoms with E-state index in [1.54, 1.807) is 0 Å². The van der Waals surface area contributed by atoms with Crippen LogP contribution in [-0.4, -0.2) is 50.6 Å². The van der Waals surface area contributed by atoms with E-state index in [4.69, 9.17) is 0 Å². The van der Waals surface area contributed by atoms with Crippen molar-refractivity contribution in [1.29, 1.82) is 0 Å². The molecule has 4 heteroatoms. The first-order valence-corrected chi connectivity index (χ1v) is 6.60. The smallest absolute Gasteiger partial charge is 0.226 e. The van der Waals surface area contributed by atoms with Crippen LogP contribution in [0.25, 0.3) is 0 Å². The van der Waals surface area contributed by atoms with Gasteiger partial charge in [0.1, 0.15) is 0 Å². The Morgan fingerprint density at radius 2 is 2.00 bits per heavy atom. The topological polar surface area (TPSA) is 44.4 Å². The molecule has 2 N–H and O–H groups in total. The molecule has 1 aliphatic rings. The Balaban J connectivity index is 2.36. The van der Waals surface area contributed by atoms with Crippen molar-refractivity contribution in [3.8, 4) is 0 Å². The number of hydrogen-bond acceptors (Lipinski definition) is 3. The molecule has 1 saturated heterocycles. The van der Waals surface area contributed by atoms with Gasteiger partial charge in [0, 0.05) is 11.5 Å². The molecule has 1 atom stereocenters. The SMILES string of the molecule is CC(CCN(C)C)NC(=O)C1(C)CCNCC1. The number of carbonyl (C=O) groups is 1. The molecule has 1 aliphatic heterocycles. The second kappa shape index (κ2) is 6.36. The second-order valence-corrected chi connectivity index (χ2v) is 5.78. The Kier molecular flexibility index (Phi) is 5.40. The number of nitrogens with one attached hydrogen (secondary N) is 2. The van der Waals surface area contributed by atoms with Crippen molar-refractivity contribution < 1.29 is 4.79 Å². The lowest BCUT2D eigenvalue weighted by atomic mass is 9.80. The number of rotatable bonds is 5. The number of nitrogens with zero attached hydrogens (tertiary/aromatic N) is 1. The van der Waals surface area contributed by atoms with Gasteiger partial charge in [0.05, 0.1) is 0 Å². The number of carbonyl (C=O) groups excluding carboxylic acids is 1. The maximum Gasteiger partial charge on any atom is 0.226 e. The number of hydrogen-bond donors (Lipinski definition) is 2. The minimum atomic E-state index is -0.169. The molecule has 1 amide bonds. The fourth-order valence-corrected chi connectivity index (χ4v) is 2.13. The highest BCUT2D eigenvalue weighted by Crippen LogP contribution is 2.28. The average molecular weight is 241 g/mol. The molecule has 1 rings (SSSR count). The monoisotopic (exact) mass is 241 g/mol. The molecular weight excluding hydrogens is 214 g/mol. The number of amides is 1. The summed E-state index contributed by atoms with van der Waals surface area (Å²) in [6.45, 7) is 7.10. The van der Waals surface area contributed by atoms with Crippen molar-refractivity contribution in [3.63, 3.8) is 0 Å². The van der Waals surface area contributed by atoms with Crippen LogP contribution in [0.4, 0.5) is 0 Å². The first-order valence-electron chi connectivity index (χ1n) is 6.60. The Bertz CT molecular complexity index is 247. The molecule has 1 unspecified atom stereocenters. The maximum atomic E-state index is 12.2. The van der Waals surface area contributed by atoms with Crippen LogP contribution in [0.3, 0.4) is 0 Å². The van der Waals surface area contributed by atoms with E-state index in [0.717, 1.165) is 38.9 Å². The van der Waals surface area contributed by atoms with Crippen molar-refractivity contribution >= 4 is 5.91 Å². The molecule has 0 aromatic carbocycles. The van der Waals surface area contributed by atoms with E-state index in [1.807, 2.05) is 0 Å². The molecule has 0 saturated carbocycles. The molecule has 1 heterocycles. The van der Waals surface area contributed by atoms with Crippen LogP contribution >= 0.6 is 0 Å². The number of piperidine rings is 1. The summed E-state index contributed by atoms with van der Waals surface area (Å²) in [5.41, 5.74) is -0.169. The van der Waals surface area contributed by atoms with Crippen molar-refractivity contribution in [2.24, 2.45) is 5.41 Å². The summed E-state index contributed by atoms with van der Waals surface area (Å²) in [6.07, 6.45) is 2.89. The van der Waals surface area contributed by atoms with Crippen molar-refractivity contribution in [2.75, 3.05) is 33.7 Å².